The fourth-order valence-corrected chi connectivity index (χ4v) is 4.85. The molecule has 3 heterocycles. The van der Waals surface area contributed by atoms with Gasteiger partial charge in [0.25, 0.3) is 0 Å². The molecule has 6 rings (SSSR count). The summed E-state index contributed by atoms with van der Waals surface area (Å²) < 4.78 is 4.72. The average Bonchev–Trinajstić information content (AvgIpc) is 3.32. The van der Waals surface area contributed by atoms with Gasteiger partial charge in [0.05, 0.1) is 22.2 Å². The number of nitrogens with zero attached hydrogens (tertiary/aromatic N) is 3. The van der Waals surface area contributed by atoms with Crippen LogP contribution in [0.1, 0.15) is 17.0 Å². The van der Waals surface area contributed by atoms with Gasteiger partial charge in [-0.1, -0.05) is 48.5 Å². The molecule has 0 unspecified atom stereocenters. The number of aryl methyl sites for hydroxylation is 2. The van der Waals surface area contributed by atoms with Crippen LogP contribution >= 0.6 is 0 Å². The Balaban J connectivity index is 1.68. The molecular weight excluding hydrogens is 378 g/mol. The lowest BCUT2D eigenvalue weighted by molar-refractivity contribution is 1.10. The molecule has 0 atom stereocenters. The van der Waals surface area contributed by atoms with Crippen molar-refractivity contribution in [3.05, 3.63) is 102 Å². The molecule has 0 saturated carbocycles. The molecule has 31 heavy (non-hydrogen) atoms. The summed E-state index contributed by atoms with van der Waals surface area (Å²) in [5, 5.41) is 1.17. The van der Waals surface area contributed by atoms with E-state index in [9.17, 15) is 0 Å². The second kappa shape index (κ2) is 6.58. The molecule has 0 bridgehead atoms. The van der Waals surface area contributed by atoms with Crippen molar-refractivity contribution >= 4 is 27.6 Å². The van der Waals surface area contributed by atoms with Gasteiger partial charge in [0.15, 0.2) is 0 Å². The maximum Gasteiger partial charge on any atom is 0.122 e. The zero-order valence-electron chi connectivity index (χ0n) is 17.9. The van der Waals surface area contributed by atoms with Crippen LogP contribution in [0, 0.1) is 20.8 Å². The predicted molar refractivity (Wildman–Crippen MR) is 129 cm³/mol. The molecule has 0 fully saturated rings. The van der Waals surface area contributed by atoms with Gasteiger partial charge >= 0.3 is 0 Å². The molecule has 0 N–H and O–H groups in total. The van der Waals surface area contributed by atoms with Crippen molar-refractivity contribution in [1.29, 1.82) is 0 Å². The van der Waals surface area contributed by atoms with Gasteiger partial charge < -0.3 is 0 Å². The summed E-state index contributed by atoms with van der Waals surface area (Å²) in [5.74, 6) is 0. The quantitative estimate of drug-likeness (QED) is 0.305. The van der Waals surface area contributed by atoms with Crippen LogP contribution in [-0.4, -0.2) is 14.0 Å². The van der Waals surface area contributed by atoms with Gasteiger partial charge in [0.2, 0.25) is 0 Å². The maximum atomic E-state index is 4.88. The van der Waals surface area contributed by atoms with E-state index in [1.165, 1.54) is 50.1 Å². The summed E-state index contributed by atoms with van der Waals surface area (Å²) >= 11 is 0. The zero-order valence-corrected chi connectivity index (χ0v) is 17.9. The van der Waals surface area contributed by atoms with Crippen LogP contribution in [0.2, 0.25) is 0 Å². The van der Waals surface area contributed by atoms with E-state index >= 15 is 0 Å². The summed E-state index contributed by atoms with van der Waals surface area (Å²) in [4.78, 5) is 4.88. The number of hydrogen-bond acceptors (Lipinski definition) is 1. The van der Waals surface area contributed by atoms with E-state index < -0.39 is 0 Å². The molecule has 0 spiro atoms. The van der Waals surface area contributed by atoms with Crippen molar-refractivity contribution in [2.45, 2.75) is 20.8 Å². The van der Waals surface area contributed by atoms with Gasteiger partial charge in [-0.25, -0.2) is 0 Å². The van der Waals surface area contributed by atoms with E-state index in [2.05, 4.69) is 115 Å². The van der Waals surface area contributed by atoms with Gasteiger partial charge in [0.1, 0.15) is 5.65 Å². The summed E-state index contributed by atoms with van der Waals surface area (Å²) in [6, 6.07) is 30.3. The topological polar surface area (TPSA) is 22.2 Å². The molecule has 0 aliphatic carbocycles. The lowest BCUT2D eigenvalue weighted by Crippen LogP contribution is -1.99. The predicted octanol–water partition coefficient (Wildman–Crippen LogP) is 7.02. The highest BCUT2D eigenvalue weighted by molar-refractivity contribution is 5.95. The average molecular weight is 402 g/mol. The number of rotatable bonds is 2. The summed E-state index contributed by atoms with van der Waals surface area (Å²) in [6.45, 7) is 6.44. The molecule has 3 heteroatoms. The third-order valence-corrected chi connectivity index (χ3v) is 6.34. The first-order chi connectivity index (χ1) is 15.1. The lowest BCUT2D eigenvalue weighted by atomic mass is 9.96. The SMILES string of the molecule is Cc1ccc2cccc(-c3cccc(-n4c5ccccc5n5c(C)ccc45)c3C)c2n1. The molecule has 0 amide bonds. The fourth-order valence-electron chi connectivity index (χ4n) is 4.85. The Bertz CT molecular complexity index is 1610. The first-order valence-electron chi connectivity index (χ1n) is 10.7. The van der Waals surface area contributed by atoms with E-state index in [0.29, 0.717) is 0 Å². The van der Waals surface area contributed by atoms with Gasteiger partial charge in [-0.3, -0.25) is 14.0 Å². The highest BCUT2D eigenvalue weighted by Gasteiger charge is 2.17. The molecule has 0 saturated heterocycles. The minimum Gasteiger partial charge on any atom is -0.298 e. The minimum atomic E-state index is 1.04. The zero-order chi connectivity index (χ0) is 21.1. The van der Waals surface area contributed by atoms with E-state index in [1.807, 2.05) is 0 Å². The summed E-state index contributed by atoms with van der Waals surface area (Å²) in [5.41, 5.74) is 11.8. The van der Waals surface area contributed by atoms with Gasteiger partial charge in [0, 0.05) is 22.3 Å². The Morgan fingerprint density at radius 1 is 0.645 bits per heavy atom. The Hall–Kier alpha value is -3.85. The number of imidazole rings is 1. The van der Waals surface area contributed by atoms with Crippen LogP contribution < -0.4 is 0 Å². The molecule has 0 radical (unpaired) electrons. The highest BCUT2D eigenvalue weighted by atomic mass is 15.1. The second-order valence-corrected chi connectivity index (χ2v) is 8.27. The molecule has 6 aromatic rings. The maximum absolute atomic E-state index is 4.88. The van der Waals surface area contributed by atoms with Crippen molar-refractivity contribution in [1.82, 2.24) is 14.0 Å². The van der Waals surface area contributed by atoms with Crippen molar-refractivity contribution in [3.8, 4) is 16.8 Å². The molecule has 3 aromatic carbocycles. The summed E-state index contributed by atoms with van der Waals surface area (Å²) in [6.07, 6.45) is 0. The number of benzene rings is 3. The Labute approximate surface area is 181 Å². The van der Waals surface area contributed by atoms with Crippen LogP contribution in [0.4, 0.5) is 0 Å². The molecule has 0 aliphatic rings. The normalized spacial score (nSPS) is 11.7. The number of aromatic nitrogens is 3. The third-order valence-electron chi connectivity index (χ3n) is 6.34. The Morgan fingerprint density at radius 2 is 1.42 bits per heavy atom. The van der Waals surface area contributed by atoms with E-state index in [4.69, 9.17) is 4.98 Å². The van der Waals surface area contributed by atoms with E-state index in [-0.39, 0.29) is 0 Å². The third kappa shape index (κ3) is 2.56. The van der Waals surface area contributed by atoms with Crippen LogP contribution in [0.15, 0.2) is 84.9 Å². The van der Waals surface area contributed by atoms with Crippen molar-refractivity contribution in [3.63, 3.8) is 0 Å². The number of fused-ring (bicyclic) bond motifs is 4. The molecule has 0 aliphatic heterocycles. The number of hydrogen-bond donors (Lipinski definition) is 0. The van der Waals surface area contributed by atoms with Gasteiger partial charge in [-0.2, -0.15) is 0 Å². The monoisotopic (exact) mass is 401 g/mol. The Kier molecular flexibility index (Phi) is 3.81. The standard InChI is InChI=1S/C28H23N3/c1-18-14-16-21-8-6-10-23(28(21)29-18)22-9-7-13-24(20(22)3)31-26-12-5-4-11-25(26)30-19(2)15-17-27(30)31/h4-17H,1-3H3. The van der Waals surface area contributed by atoms with E-state index in [1.54, 1.807) is 0 Å². The van der Waals surface area contributed by atoms with Crippen molar-refractivity contribution in [2.75, 3.05) is 0 Å². The largest absolute Gasteiger partial charge is 0.298 e. The van der Waals surface area contributed by atoms with Crippen LogP contribution in [-0.2, 0) is 0 Å². The van der Waals surface area contributed by atoms with Crippen LogP contribution in [0.3, 0.4) is 0 Å². The first-order valence-corrected chi connectivity index (χ1v) is 10.7. The highest BCUT2D eigenvalue weighted by Crippen LogP contribution is 2.35. The minimum absolute atomic E-state index is 1.04. The van der Waals surface area contributed by atoms with Gasteiger partial charge in [-0.15, -0.1) is 0 Å². The van der Waals surface area contributed by atoms with Crippen LogP contribution in [0.5, 0.6) is 0 Å². The molecule has 3 aromatic heterocycles. The molecule has 3 nitrogen and oxygen atoms in total. The molecular formula is C28H23N3. The smallest absolute Gasteiger partial charge is 0.122 e. The number of pyridine rings is 1. The Morgan fingerprint density at radius 3 is 2.29 bits per heavy atom. The van der Waals surface area contributed by atoms with Crippen LogP contribution in [0.25, 0.3) is 44.4 Å². The van der Waals surface area contributed by atoms with E-state index in [0.717, 1.165) is 11.2 Å². The second-order valence-electron chi connectivity index (χ2n) is 8.27. The fraction of sp³-hybridized carbons (Fsp3) is 0.107. The van der Waals surface area contributed by atoms with Crippen molar-refractivity contribution < 1.29 is 0 Å². The first kappa shape index (κ1) is 18.0. The summed E-state index contributed by atoms with van der Waals surface area (Å²) in [7, 11) is 0. The van der Waals surface area contributed by atoms with Gasteiger partial charge in [-0.05, 0) is 68.3 Å². The number of para-hydroxylation sites is 3. The van der Waals surface area contributed by atoms with Crippen molar-refractivity contribution in [2.24, 2.45) is 0 Å². The lowest BCUT2D eigenvalue weighted by Gasteiger charge is -2.15. The molecule has 150 valence electrons.